The highest BCUT2D eigenvalue weighted by atomic mass is 14.0. The van der Waals surface area contributed by atoms with Crippen molar-refractivity contribution in [2.45, 2.75) is 161 Å². The molecule has 0 amide bonds. The maximum absolute atomic E-state index is 2.45. The fourth-order valence-corrected chi connectivity index (χ4v) is 4.47. The first-order valence-electron chi connectivity index (χ1n) is 13.1. The Morgan fingerprint density at radius 3 is 0.519 bits per heavy atom. The average Bonchev–Trinajstić information content (AvgIpc) is 2.68. The smallest absolute Gasteiger partial charge is 0.0351 e. The van der Waals surface area contributed by atoms with Gasteiger partial charge in [-0.3, -0.25) is 0 Å². The summed E-state index contributed by atoms with van der Waals surface area (Å²) in [4.78, 5) is 0. The van der Waals surface area contributed by atoms with E-state index in [9.17, 15) is 0 Å². The zero-order valence-corrected chi connectivity index (χ0v) is 18.8. The van der Waals surface area contributed by atoms with Gasteiger partial charge in [-0.2, -0.15) is 0 Å². The fourth-order valence-electron chi connectivity index (χ4n) is 4.47. The Morgan fingerprint density at radius 1 is 0.185 bits per heavy atom. The summed E-state index contributed by atoms with van der Waals surface area (Å²) in [5, 5.41) is 0. The molecule has 1 aliphatic carbocycles. The molecule has 0 spiro atoms. The highest BCUT2D eigenvalue weighted by molar-refractivity contribution is 4.81. The van der Waals surface area contributed by atoms with Gasteiger partial charge in [0.2, 0.25) is 0 Å². The van der Waals surface area contributed by atoms with Gasteiger partial charge < -0.3 is 0 Å². The normalized spacial score (nSPS) is 24.6. The molecule has 0 atom stereocenters. The van der Waals surface area contributed by atoms with Gasteiger partial charge in [-0.25, -0.2) is 0 Å². The van der Waals surface area contributed by atoms with Crippen LogP contribution in [0.5, 0.6) is 0 Å². The van der Waals surface area contributed by atoms with E-state index in [1.54, 1.807) is 0 Å². The molecule has 0 aliphatic heterocycles. The predicted octanol–water partition coefficient (Wildman–Crippen LogP) is 10.3. The molecule has 0 nitrogen and oxygen atoms in total. The SMILES string of the molecule is C1=C\CCCCCCCCCCCCCCCCCCCCCCCCC/1. The number of allylic oxidation sites excluding steroid dienone is 2. The molecule has 0 unspecified atom stereocenters. The van der Waals surface area contributed by atoms with Crippen LogP contribution in [-0.2, 0) is 0 Å². The molecule has 0 aromatic rings. The van der Waals surface area contributed by atoms with Crippen molar-refractivity contribution in [3.05, 3.63) is 12.2 Å². The van der Waals surface area contributed by atoms with Crippen LogP contribution in [0.2, 0.25) is 0 Å². The summed E-state index contributed by atoms with van der Waals surface area (Å²) in [5.41, 5.74) is 0. The second-order valence-corrected chi connectivity index (χ2v) is 9.18. The molecule has 0 N–H and O–H groups in total. The van der Waals surface area contributed by atoms with E-state index in [0.29, 0.717) is 0 Å². The van der Waals surface area contributed by atoms with E-state index < -0.39 is 0 Å². The largest absolute Gasteiger partial charge is 0.0885 e. The van der Waals surface area contributed by atoms with Crippen molar-refractivity contribution in [2.75, 3.05) is 0 Å². The molecule has 27 heavy (non-hydrogen) atoms. The quantitative estimate of drug-likeness (QED) is 0.369. The van der Waals surface area contributed by atoms with E-state index >= 15 is 0 Å². The molecule has 160 valence electrons. The lowest BCUT2D eigenvalue weighted by atomic mass is 10.0. The first-order chi connectivity index (χ1) is 13.5. The van der Waals surface area contributed by atoms with Crippen LogP contribution in [0.15, 0.2) is 12.2 Å². The molecular formula is C27H52. The van der Waals surface area contributed by atoms with Gasteiger partial charge in [0.05, 0.1) is 0 Å². The van der Waals surface area contributed by atoms with Crippen LogP contribution in [0.25, 0.3) is 0 Å². The predicted molar refractivity (Wildman–Crippen MR) is 125 cm³/mol. The zero-order valence-electron chi connectivity index (χ0n) is 18.8. The summed E-state index contributed by atoms with van der Waals surface area (Å²) in [6, 6.07) is 0. The topological polar surface area (TPSA) is 0 Å². The lowest BCUT2D eigenvalue weighted by molar-refractivity contribution is 0.518. The number of hydrogen-bond donors (Lipinski definition) is 0. The fraction of sp³-hybridized carbons (Fsp3) is 0.926. The molecule has 0 fully saturated rings. The van der Waals surface area contributed by atoms with Gasteiger partial charge in [0.1, 0.15) is 0 Å². The first kappa shape index (κ1) is 24.8. The Morgan fingerprint density at radius 2 is 0.333 bits per heavy atom. The summed E-state index contributed by atoms with van der Waals surface area (Å²) >= 11 is 0. The third kappa shape index (κ3) is 20.3. The van der Waals surface area contributed by atoms with Crippen molar-refractivity contribution in [1.29, 1.82) is 0 Å². The van der Waals surface area contributed by atoms with Crippen LogP contribution in [-0.4, -0.2) is 0 Å². The van der Waals surface area contributed by atoms with Crippen LogP contribution in [0.3, 0.4) is 0 Å². The van der Waals surface area contributed by atoms with Gasteiger partial charge in [0.25, 0.3) is 0 Å². The molecule has 0 heterocycles. The Labute approximate surface area is 173 Å². The minimum absolute atomic E-state index is 1.32. The second kappa shape index (κ2) is 22.0. The zero-order chi connectivity index (χ0) is 19.1. The summed E-state index contributed by atoms with van der Waals surface area (Å²) < 4.78 is 0. The molecule has 0 aromatic heterocycles. The summed E-state index contributed by atoms with van der Waals surface area (Å²) in [6.45, 7) is 0. The van der Waals surface area contributed by atoms with E-state index in [2.05, 4.69) is 12.2 Å². The molecule has 1 aliphatic rings. The van der Waals surface area contributed by atoms with Gasteiger partial charge in [0.15, 0.2) is 0 Å². The Balaban J connectivity index is 2.04. The van der Waals surface area contributed by atoms with Crippen molar-refractivity contribution in [1.82, 2.24) is 0 Å². The van der Waals surface area contributed by atoms with E-state index in [-0.39, 0.29) is 0 Å². The lowest BCUT2D eigenvalue weighted by Gasteiger charge is -2.04. The maximum Gasteiger partial charge on any atom is -0.0351 e. The van der Waals surface area contributed by atoms with E-state index in [1.807, 2.05) is 0 Å². The summed E-state index contributed by atoms with van der Waals surface area (Å²) in [5.74, 6) is 0. The summed E-state index contributed by atoms with van der Waals surface area (Å²) in [7, 11) is 0. The molecule has 0 radical (unpaired) electrons. The van der Waals surface area contributed by atoms with Crippen molar-refractivity contribution >= 4 is 0 Å². The van der Waals surface area contributed by atoms with Crippen molar-refractivity contribution in [3.63, 3.8) is 0 Å². The van der Waals surface area contributed by atoms with Crippen LogP contribution < -0.4 is 0 Å². The molecule has 1 rings (SSSR count). The Hall–Kier alpha value is -0.260. The minimum atomic E-state index is 1.32. The third-order valence-corrected chi connectivity index (χ3v) is 6.41. The molecule has 0 aromatic carbocycles. The van der Waals surface area contributed by atoms with Crippen molar-refractivity contribution in [3.8, 4) is 0 Å². The first-order valence-corrected chi connectivity index (χ1v) is 13.1. The highest BCUT2D eigenvalue weighted by Crippen LogP contribution is 2.16. The van der Waals surface area contributed by atoms with Gasteiger partial charge in [-0.05, 0) is 25.7 Å². The van der Waals surface area contributed by atoms with Crippen LogP contribution in [0.4, 0.5) is 0 Å². The molecule has 0 saturated carbocycles. The van der Waals surface area contributed by atoms with Gasteiger partial charge in [-0.15, -0.1) is 0 Å². The minimum Gasteiger partial charge on any atom is -0.0885 e. The third-order valence-electron chi connectivity index (χ3n) is 6.41. The Kier molecular flexibility index (Phi) is 20.2. The van der Waals surface area contributed by atoms with Gasteiger partial charge in [0, 0.05) is 0 Å². The van der Waals surface area contributed by atoms with E-state index in [0.717, 1.165) is 0 Å². The van der Waals surface area contributed by atoms with E-state index in [4.69, 9.17) is 0 Å². The maximum atomic E-state index is 2.45. The van der Waals surface area contributed by atoms with Crippen molar-refractivity contribution < 1.29 is 0 Å². The van der Waals surface area contributed by atoms with Crippen molar-refractivity contribution in [2.24, 2.45) is 0 Å². The Bertz CT molecular complexity index is 262. The lowest BCUT2D eigenvalue weighted by Crippen LogP contribution is -1.84. The van der Waals surface area contributed by atoms with Gasteiger partial charge >= 0.3 is 0 Å². The molecule has 0 heteroatoms. The van der Waals surface area contributed by atoms with Gasteiger partial charge in [-0.1, -0.05) is 147 Å². The number of rotatable bonds is 0. The van der Waals surface area contributed by atoms with Crippen LogP contribution in [0, 0.1) is 0 Å². The average molecular weight is 377 g/mol. The molecule has 0 saturated heterocycles. The van der Waals surface area contributed by atoms with E-state index in [1.165, 1.54) is 161 Å². The second-order valence-electron chi connectivity index (χ2n) is 9.18. The highest BCUT2D eigenvalue weighted by Gasteiger charge is 1.96. The summed E-state index contributed by atoms with van der Waals surface area (Å²) in [6.07, 6.45) is 41.5. The monoisotopic (exact) mass is 376 g/mol. The molecule has 0 bridgehead atoms. The molecular weight excluding hydrogens is 324 g/mol. The standard InChI is InChI=1S/C27H52/c1-2-4-6-8-10-12-14-16-18-20-22-24-26-27-25-23-21-19-17-15-13-11-9-7-5-3-1/h1-2H,3-27H2/b2-1-. The van der Waals surface area contributed by atoms with Crippen LogP contribution in [0.1, 0.15) is 161 Å². The number of hydrogen-bond acceptors (Lipinski definition) is 0. The van der Waals surface area contributed by atoms with Crippen LogP contribution >= 0.6 is 0 Å².